The maximum atomic E-state index is 12.8. The zero-order chi connectivity index (χ0) is 19.5. The molecule has 0 aliphatic carbocycles. The first-order valence-corrected chi connectivity index (χ1v) is 9.21. The molecule has 2 rings (SSSR count). The van der Waals surface area contributed by atoms with Gasteiger partial charge in [-0.1, -0.05) is 6.07 Å². The minimum Gasteiger partial charge on any atom is -0.355 e. The molecule has 140 valence electrons. The summed E-state index contributed by atoms with van der Waals surface area (Å²) in [6.45, 7) is 0. The van der Waals surface area contributed by atoms with Crippen molar-refractivity contribution in [2.75, 3.05) is 18.2 Å². The first kappa shape index (κ1) is 20.2. The van der Waals surface area contributed by atoms with E-state index in [1.165, 1.54) is 31.3 Å². The van der Waals surface area contributed by atoms with Gasteiger partial charge in [0.15, 0.2) is 5.78 Å². The number of Topliss-reactive ketones (excluding diaryl/α,β-unsaturated/α-hetero) is 1. The highest BCUT2D eigenvalue weighted by Crippen LogP contribution is 2.32. The van der Waals surface area contributed by atoms with E-state index >= 15 is 0 Å². The van der Waals surface area contributed by atoms with Crippen LogP contribution in [0.5, 0.6) is 0 Å². The average Bonchev–Trinajstić information content (AvgIpc) is 2.60. The lowest BCUT2D eigenvalue weighted by molar-refractivity contribution is -0.137. The highest BCUT2D eigenvalue weighted by Gasteiger charge is 2.30. The van der Waals surface area contributed by atoms with Crippen LogP contribution in [0.25, 0.3) is 0 Å². The zero-order valence-corrected chi connectivity index (χ0v) is 15.0. The number of sulfonamides is 1. The number of anilines is 2. The van der Waals surface area contributed by atoms with Gasteiger partial charge in [-0.05, 0) is 43.4 Å². The van der Waals surface area contributed by atoms with E-state index in [4.69, 9.17) is 11.6 Å². The van der Waals surface area contributed by atoms with Crippen LogP contribution in [0.4, 0.5) is 24.5 Å². The van der Waals surface area contributed by atoms with E-state index in [0.717, 1.165) is 18.2 Å². The topological polar surface area (TPSA) is 75.3 Å². The Kier molecular flexibility index (Phi) is 5.94. The molecule has 0 fully saturated rings. The molecule has 10 heteroatoms. The van der Waals surface area contributed by atoms with E-state index in [1.54, 1.807) is 0 Å². The van der Waals surface area contributed by atoms with Crippen molar-refractivity contribution < 1.29 is 26.4 Å². The first-order chi connectivity index (χ1) is 12.1. The summed E-state index contributed by atoms with van der Waals surface area (Å²) >= 11 is 5.56. The second-order valence-electron chi connectivity index (χ2n) is 5.18. The monoisotopic (exact) mass is 406 g/mol. The Balaban J connectivity index is 2.48. The van der Waals surface area contributed by atoms with Gasteiger partial charge in [0.05, 0.1) is 16.3 Å². The molecular formula is C16H14ClF3N2O3S. The van der Waals surface area contributed by atoms with Crippen molar-refractivity contribution in [2.24, 2.45) is 0 Å². The molecule has 2 N–H and O–H groups in total. The Morgan fingerprint density at radius 2 is 1.85 bits per heavy atom. The summed E-state index contributed by atoms with van der Waals surface area (Å²) in [7, 11) is -2.58. The Bertz CT molecular complexity index is 931. The summed E-state index contributed by atoms with van der Waals surface area (Å²) in [5.74, 6) is -0.991. The molecule has 0 saturated carbocycles. The second kappa shape index (κ2) is 7.65. The van der Waals surface area contributed by atoms with E-state index < -0.39 is 33.4 Å². The van der Waals surface area contributed by atoms with E-state index in [1.807, 2.05) is 0 Å². The third-order valence-electron chi connectivity index (χ3n) is 3.46. The van der Waals surface area contributed by atoms with Crippen LogP contribution in [0.1, 0.15) is 15.9 Å². The molecule has 0 amide bonds. The predicted molar refractivity (Wildman–Crippen MR) is 92.5 cm³/mol. The molecule has 0 saturated heterocycles. The van der Waals surface area contributed by atoms with Crippen molar-refractivity contribution in [1.82, 2.24) is 4.72 Å². The molecule has 0 unspecified atom stereocenters. The number of hydrogen-bond acceptors (Lipinski definition) is 4. The number of carbonyl (C=O) groups excluding carboxylic acids is 1. The molecule has 26 heavy (non-hydrogen) atoms. The molecule has 5 nitrogen and oxygen atoms in total. The van der Waals surface area contributed by atoms with Gasteiger partial charge in [0.1, 0.15) is 0 Å². The van der Waals surface area contributed by atoms with E-state index in [0.29, 0.717) is 0 Å². The number of ketones is 1. The molecule has 0 aliphatic heterocycles. The van der Waals surface area contributed by atoms with Gasteiger partial charge in [0.25, 0.3) is 0 Å². The van der Waals surface area contributed by atoms with Gasteiger partial charge in [0.2, 0.25) is 10.0 Å². The molecule has 2 aromatic rings. The van der Waals surface area contributed by atoms with Gasteiger partial charge in [-0.3, -0.25) is 4.79 Å². The number of benzene rings is 2. The number of nitrogens with one attached hydrogen (secondary N) is 2. The fourth-order valence-electron chi connectivity index (χ4n) is 2.15. The number of alkyl halides is 4. The lowest BCUT2D eigenvalue weighted by Crippen LogP contribution is -2.19. The Labute approximate surface area is 153 Å². The van der Waals surface area contributed by atoms with Crippen LogP contribution < -0.4 is 10.0 Å². The zero-order valence-electron chi connectivity index (χ0n) is 13.4. The molecule has 0 spiro atoms. The number of halogens is 4. The summed E-state index contributed by atoms with van der Waals surface area (Å²) in [6, 6.07) is 8.05. The van der Waals surface area contributed by atoms with Crippen molar-refractivity contribution >= 4 is 38.8 Å². The average molecular weight is 407 g/mol. The fraction of sp³-hybridized carbons (Fsp3) is 0.188. The van der Waals surface area contributed by atoms with E-state index in [-0.39, 0.29) is 21.8 Å². The van der Waals surface area contributed by atoms with Crippen molar-refractivity contribution in [2.45, 2.75) is 11.1 Å². The standard InChI is InChI=1S/C16H14ClF3N2O3S/c1-21-26(24,25)12-5-6-14(13(8-12)15(23)9-17)22-11-4-2-3-10(7-11)16(18,19)20/h2-8,21-22H,9H2,1H3. The lowest BCUT2D eigenvalue weighted by atomic mass is 10.1. The molecule has 0 aromatic heterocycles. The van der Waals surface area contributed by atoms with Gasteiger partial charge < -0.3 is 5.32 Å². The third kappa shape index (κ3) is 4.54. The summed E-state index contributed by atoms with van der Waals surface area (Å²) in [6.07, 6.45) is -4.52. The van der Waals surface area contributed by atoms with Gasteiger partial charge >= 0.3 is 6.18 Å². The van der Waals surface area contributed by atoms with Gasteiger partial charge in [-0.2, -0.15) is 13.2 Å². The Morgan fingerprint density at radius 3 is 2.42 bits per heavy atom. The van der Waals surface area contributed by atoms with Crippen LogP contribution in [-0.2, 0) is 16.2 Å². The van der Waals surface area contributed by atoms with Crippen molar-refractivity contribution in [1.29, 1.82) is 0 Å². The summed E-state index contributed by atoms with van der Waals surface area (Å²) in [5.41, 5.74) is -0.673. The van der Waals surface area contributed by atoms with Crippen LogP contribution in [0.2, 0.25) is 0 Å². The van der Waals surface area contributed by atoms with Crippen LogP contribution in [-0.4, -0.2) is 27.1 Å². The molecule has 0 radical (unpaired) electrons. The highest BCUT2D eigenvalue weighted by atomic mass is 35.5. The maximum Gasteiger partial charge on any atom is 0.416 e. The minimum atomic E-state index is -4.52. The van der Waals surface area contributed by atoms with Gasteiger partial charge in [0, 0.05) is 16.9 Å². The molecule has 2 aromatic carbocycles. The Morgan fingerprint density at radius 1 is 1.15 bits per heavy atom. The predicted octanol–water partition coefficient (Wildman–Crippen LogP) is 3.78. The second-order valence-corrected chi connectivity index (χ2v) is 7.33. The minimum absolute atomic E-state index is 0.0475. The number of hydrogen-bond donors (Lipinski definition) is 2. The summed E-state index contributed by atoms with van der Waals surface area (Å²) in [4.78, 5) is 11.9. The van der Waals surface area contributed by atoms with Crippen LogP contribution >= 0.6 is 11.6 Å². The maximum absolute atomic E-state index is 12.8. The first-order valence-electron chi connectivity index (χ1n) is 7.19. The van der Waals surface area contributed by atoms with E-state index in [2.05, 4.69) is 10.0 Å². The van der Waals surface area contributed by atoms with Gasteiger partial charge in [-0.15, -0.1) is 11.6 Å². The molecule has 0 heterocycles. The van der Waals surface area contributed by atoms with Crippen LogP contribution in [0.3, 0.4) is 0 Å². The largest absolute Gasteiger partial charge is 0.416 e. The normalized spacial score (nSPS) is 12.0. The third-order valence-corrected chi connectivity index (χ3v) is 5.12. The van der Waals surface area contributed by atoms with Crippen LogP contribution in [0, 0.1) is 0 Å². The summed E-state index contributed by atoms with van der Waals surface area (Å²) in [5, 5.41) is 2.70. The molecule has 0 bridgehead atoms. The number of carbonyl (C=O) groups is 1. The fourth-order valence-corrected chi connectivity index (χ4v) is 3.05. The van der Waals surface area contributed by atoms with Crippen LogP contribution in [0.15, 0.2) is 47.4 Å². The molecular weight excluding hydrogens is 393 g/mol. The van der Waals surface area contributed by atoms with Crippen molar-refractivity contribution in [3.05, 3.63) is 53.6 Å². The SMILES string of the molecule is CNS(=O)(=O)c1ccc(Nc2cccc(C(F)(F)F)c2)c(C(=O)CCl)c1. The summed E-state index contributed by atoms with van der Waals surface area (Å²) < 4.78 is 64.3. The van der Waals surface area contributed by atoms with Crippen molar-refractivity contribution in [3.63, 3.8) is 0 Å². The molecule has 0 aliphatic rings. The number of rotatable bonds is 6. The van der Waals surface area contributed by atoms with E-state index in [9.17, 15) is 26.4 Å². The highest BCUT2D eigenvalue weighted by molar-refractivity contribution is 7.89. The van der Waals surface area contributed by atoms with Crippen molar-refractivity contribution in [3.8, 4) is 0 Å². The quantitative estimate of drug-likeness (QED) is 0.565. The smallest absolute Gasteiger partial charge is 0.355 e. The lowest BCUT2D eigenvalue weighted by Gasteiger charge is -2.14. The molecule has 0 atom stereocenters. The Hall–Kier alpha value is -2.10. The van der Waals surface area contributed by atoms with Gasteiger partial charge in [-0.25, -0.2) is 13.1 Å².